The third-order valence-electron chi connectivity index (χ3n) is 9.15. The van der Waals surface area contributed by atoms with E-state index in [1.165, 1.54) is 36.5 Å². The fourth-order valence-corrected chi connectivity index (χ4v) is 6.21. The number of carbonyl (C=O) groups excluding carboxylic acids is 2. The van der Waals surface area contributed by atoms with E-state index in [0.717, 1.165) is 29.6 Å². The van der Waals surface area contributed by atoms with E-state index in [1.807, 2.05) is 20.8 Å². The summed E-state index contributed by atoms with van der Waals surface area (Å²) in [4.78, 5) is 31.9. The third-order valence-corrected chi connectivity index (χ3v) is 9.53. The van der Waals surface area contributed by atoms with Gasteiger partial charge in [-0.1, -0.05) is 62.7 Å². The second kappa shape index (κ2) is 14.5. The Kier molecular flexibility index (Phi) is 10.4. The molecule has 1 aliphatic carbocycles. The Morgan fingerprint density at radius 2 is 1.77 bits per heavy atom. The highest BCUT2D eigenvalue weighted by Gasteiger charge is 2.64. The van der Waals surface area contributed by atoms with E-state index in [0.29, 0.717) is 20.5 Å². The van der Waals surface area contributed by atoms with Gasteiger partial charge in [0.2, 0.25) is 0 Å². The highest BCUT2D eigenvalue weighted by molar-refractivity contribution is 6.32. The first-order valence-corrected chi connectivity index (χ1v) is 17.1. The van der Waals surface area contributed by atoms with Gasteiger partial charge in [-0.25, -0.2) is 32.3 Å². The Hall–Kier alpha value is -5.53. The molecule has 1 saturated carbocycles. The Morgan fingerprint density at radius 1 is 1.09 bits per heavy atom. The second-order valence-electron chi connectivity index (χ2n) is 14.2. The van der Waals surface area contributed by atoms with Crippen LogP contribution in [0.2, 0.25) is 5.02 Å². The molecule has 2 atom stereocenters. The fourth-order valence-electron chi connectivity index (χ4n) is 6.03. The molecule has 2 aromatic heterocycles. The average molecular weight is 814 g/mol. The molecule has 0 spiro atoms. The standard InChI is InChI=1S/C35H32ClF8N9O3/c1-32(2,3)8-11-34(21-6-4-18(5-7-21)20-14-47-51(15-20)29(40)41)28(54)52(30(45)49-34)24(16-56-31(55)50-33(9-10-33)35(42,43)44)19-12-22(37)25(36)23(13-19)53-27(26(38)39)46-17-48-53/h4-8,11-15,17,24,26,29H,9-10,16H2,1-3H3,(H2,45,49)(H,50,55)/b11-8+/t24?,34-/m1/s1. The molecule has 0 bridgehead atoms. The topological polar surface area (TPSA) is 143 Å². The van der Waals surface area contributed by atoms with Gasteiger partial charge in [-0.2, -0.15) is 32.1 Å². The van der Waals surface area contributed by atoms with Gasteiger partial charge in [0.15, 0.2) is 17.3 Å². The summed E-state index contributed by atoms with van der Waals surface area (Å²) in [6, 6.07) is 6.16. The number of nitrogens with one attached hydrogen (secondary N) is 3. The number of rotatable bonds is 11. The Morgan fingerprint density at radius 3 is 2.34 bits per heavy atom. The number of alkyl carbamates (subject to hydrolysis) is 1. The molecule has 2 aliphatic rings. The number of benzene rings is 2. The van der Waals surface area contributed by atoms with Crippen LogP contribution in [0.15, 0.2) is 67.3 Å². The van der Waals surface area contributed by atoms with Crippen LogP contribution in [-0.4, -0.2) is 65.7 Å². The number of amides is 2. The van der Waals surface area contributed by atoms with Crippen molar-refractivity contribution in [1.82, 2.24) is 40.1 Å². The molecule has 3 N–H and O–H groups in total. The van der Waals surface area contributed by atoms with Gasteiger partial charge in [0, 0.05) is 11.8 Å². The molecule has 1 saturated heterocycles. The first-order chi connectivity index (χ1) is 26.2. The number of aromatic nitrogens is 5. The van der Waals surface area contributed by atoms with Crippen LogP contribution >= 0.6 is 11.6 Å². The van der Waals surface area contributed by atoms with Gasteiger partial charge in [-0.05, 0) is 53.2 Å². The molecule has 6 rings (SSSR count). The molecule has 2 aromatic carbocycles. The van der Waals surface area contributed by atoms with Crippen LogP contribution in [-0.2, 0) is 15.1 Å². The van der Waals surface area contributed by atoms with Crippen LogP contribution in [0.3, 0.4) is 0 Å². The maximum atomic E-state index is 15.6. The van der Waals surface area contributed by atoms with Crippen molar-refractivity contribution in [3.63, 3.8) is 0 Å². The average Bonchev–Trinajstić information content (AvgIpc) is 3.43. The van der Waals surface area contributed by atoms with Crippen molar-refractivity contribution in [3.05, 3.63) is 95.1 Å². The van der Waals surface area contributed by atoms with E-state index in [-0.39, 0.29) is 11.1 Å². The van der Waals surface area contributed by atoms with Gasteiger partial charge >= 0.3 is 18.8 Å². The molecule has 56 heavy (non-hydrogen) atoms. The van der Waals surface area contributed by atoms with Crippen molar-refractivity contribution in [1.29, 1.82) is 5.41 Å². The van der Waals surface area contributed by atoms with Crippen LogP contribution in [0.25, 0.3) is 16.8 Å². The number of allylic oxidation sites excluding steroid dienone is 1. The molecule has 21 heteroatoms. The number of guanidine groups is 1. The predicted octanol–water partition coefficient (Wildman–Crippen LogP) is 7.98. The molecule has 4 aromatic rings. The summed E-state index contributed by atoms with van der Waals surface area (Å²) >= 11 is 6.19. The lowest BCUT2D eigenvalue weighted by Gasteiger charge is -2.30. The molecule has 1 aliphatic heterocycles. The Bertz CT molecular complexity index is 2180. The second-order valence-corrected chi connectivity index (χ2v) is 14.6. The van der Waals surface area contributed by atoms with Crippen LogP contribution in [0.1, 0.15) is 69.6 Å². The maximum Gasteiger partial charge on any atom is 0.411 e. The number of nitrogens with zero attached hydrogens (tertiary/aromatic N) is 6. The molecular formula is C35H32ClF8N9O3. The maximum absolute atomic E-state index is 15.6. The van der Waals surface area contributed by atoms with Gasteiger partial charge < -0.3 is 15.4 Å². The van der Waals surface area contributed by atoms with Gasteiger partial charge in [0.25, 0.3) is 12.3 Å². The van der Waals surface area contributed by atoms with E-state index in [9.17, 15) is 40.3 Å². The molecule has 2 amide bonds. The lowest BCUT2D eigenvalue weighted by molar-refractivity contribution is -0.164. The van der Waals surface area contributed by atoms with Crippen molar-refractivity contribution in [3.8, 4) is 16.8 Å². The van der Waals surface area contributed by atoms with Crippen LogP contribution in [0.4, 0.5) is 39.9 Å². The zero-order chi connectivity index (χ0) is 41.0. The highest BCUT2D eigenvalue weighted by atomic mass is 35.5. The van der Waals surface area contributed by atoms with E-state index in [4.69, 9.17) is 21.7 Å². The highest BCUT2D eigenvalue weighted by Crippen LogP contribution is 2.49. The van der Waals surface area contributed by atoms with E-state index in [2.05, 4.69) is 20.5 Å². The molecule has 298 valence electrons. The van der Waals surface area contributed by atoms with E-state index >= 15 is 4.39 Å². The number of hydrogen-bond donors (Lipinski definition) is 3. The molecule has 3 heterocycles. The Balaban J connectivity index is 1.44. The van der Waals surface area contributed by atoms with Gasteiger partial charge in [0.1, 0.15) is 29.3 Å². The molecule has 1 unspecified atom stereocenters. The third kappa shape index (κ3) is 7.65. The number of halogens is 9. The van der Waals surface area contributed by atoms with Crippen molar-refractivity contribution in [2.45, 2.75) is 69.9 Å². The lowest BCUT2D eigenvalue weighted by Crippen LogP contribution is -2.48. The summed E-state index contributed by atoms with van der Waals surface area (Å²) in [5.41, 5.74) is -4.75. The van der Waals surface area contributed by atoms with Crippen LogP contribution in [0.5, 0.6) is 0 Å². The molecular weight excluding hydrogens is 782 g/mol. The minimum Gasteiger partial charge on any atom is -0.447 e. The smallest absolute Gasteiger partial charge is 0.411 e. The summed E-state index contributed by atoms with van der Waals surface area (Å²) < 4.78 is 117. The number of hydrogen-bond acceptors (Lipinski definition) is 7. The normalized spacial score (nSPS) is 18.9. The summed E-state index contributed by atoms with van der Waals surface area (Å²) in [5, 5.41) is 20.3. The van der Waals surface area contributed by atoms with E-state index < -0.39 is 101 Å². The van der Waals surface area contributed by atoms with Crippen LogP contribution < -0.4 is 10.6 Å². The van der Waals surface area contributed by atoms with Crippen molar-refractivity contribution >= 4 is 29.6 Å². The predicted molar refractivity (Wildman–Crippen MR) is 183 cm³/mol. The Labute approximate surface area is 318 Å². The van der Waals surface area contributed by atoms with Gasteiger partial charge in [-0.3, -0.25) is 15.1 Å². The van der Waals surface area contributed by atoms with Crippen molar-refractivity contribution in [2.75, 3.05) is 6.61 Å². The van der Waals surface area contributed by atoms with Crippen molar-refractivity contribution in [2.24, 2.45) is 5.41 Å². The fraction of sp³-hybridized carbons (Fsp3) is 0.371. The first-order valence-electron chi connectivity index (χ1n) is 16.7. The van der Waals surface area contributed by atoms with Crippen LogP contribution in [0, 0.1) is 16.6 Å². The summed E-state index contributed by atoms with van der Waals surface area (Å²) in [5.74, 6) is -3.69. The van der Waals surface area contributed by atoms with Crippen molar-refractivity contribution < 1.29 is 49.4 Å². The molecule has 12 nitrogen and oxygen atoms in total. The molecule has 2 fully saturated rings. The first kappa shape index (κ1) is 40.1. The minimum absolute atomic E-state index is 0.227. The molecule has 0 radical (unpaired) electrons. The number of alkyl halides is 7. The number of carbonyl (C=O) groups is 2. The van der Waals surface area contributed by atoms with E-state index in [1.54, 1.807) is 11.4 Å². The monoisotopic (exact) mass is 813 g/mol. The zero-order valence-electron chi connectivity index (χ0n) is 29.5. The SMILES string of the molecule is CC(C)(C)/C=C/[C@]1(c2ccc(-c3cnn(C(F)F)c3)cc2)NC(=N)N(C(COC(=O)NC2(C(F)(F)F)CC2)c2cc(F)c(Cl)c(-n3ncnc3C(F)F)c2)C1=O. The van der Waals surface area contributed by atoms with Gasteiger partial charge in [0.05, 0.1) is 17.9 Å². The van der Waals surface area contributed by atoms with Gasteiger partial charge in [-0.15, -0.1) is 0 Å². The quantitative estimate of drug-likeness (QED) is 0.103. The largest absolute Gasteiger partial charge is 0.447 e. The zero-order valence-corrected chi connectivity index (χ0v) is 30.3. The number of ether oxygens (including phenoxy) is 1. The minimum atomic E-state index is -4.81. The lowest BCUT2D eigenvalue weighted by atomic mass is 9.84. The summed E-state index contributed by atoms with van der Waals surface area (Å²) in [6.45, 7) is 1.61. The summed E-state index contributed by atoms with van der Waals surface area (Å²) in [6.07, 6.45) is -4.15. The summed E-state index contributed by atoms with van der Waals surface area (Å²) in [7, 11) is 0.